The van der Waals surface area contributed by atoms with E-state index >= 15 is 0 Å². The molecule has 0 spiro atoms. The number of aryl methyl sites for hydroxylation is 3. The first-order valence-electron chi connectivity index (χ1n) is 33.1. The van der Waals surface area contributed by atoms with E-state index in [1.807, 2.05) is 113 Å². The van der Waals surface area contributed by atoms with Crippen molar-refractivity contribution >= 4 is 99.2 Å². The average Bonchev–Trinajstić information content (AvgIpc) is 1.77. The molecule has 0 aliphatic carbocycles. The third kappa shape index (κ3) is 20.8. The molecule has 0 fully saturated rings. The number of carbonyl (C=O) groups is 8. The van der Waals surface area contributed by atoms with Crippen LogP contribution < -0.4 is 0 Å². The summed E-state index contributed by atoms with van der Waals surface area (Å²) in [4.78, 5) is 93.2. The van der Waals surface area contributed by atoms with Crippen LogP contribution in [-0.2, 0) is 19.2 Å². The van der Waals surface area contributed by atoms with Gasteiger partial charge in [-0.2, -0.15) is 123 Å². The van der Waals surface area contributed by atoms with Crippen molar-refractivity contribution < 1.29 is 161 Å². The minimum absolute atomic E-state index is 0.185. The zero-order chi connectivity index (χ0) is 88.8. The second kappa shape index (κ2) is 35.7. The van der Waals surface area contributed by atoms with Gasteiger partial charge in [-0.3, -0.25) is 38.4 Å². The van der Waals surface area contributed by atoms with Crippen molar-refractivity contribution in [3.8, 4) is 33.4 Å². The van der Waals surface area contributed by atoms with Gasteiger partial charge in [0.15, 0.2) is 23.1 Å². The summed E-state index contributed by atoms with van der Waals surface area (Å²) in [6.07, 6.45) is -33.7. The van der Waals surface area contributed by atoms with Crippen LogP contribution in [0.5, 0.6) is 0 Å². The number of carbonyl (C=O) groups excluding carboxylic acids is 8. The fourth-order valence-corrected chi connectivity index (χ4v) is 12.1. The van der Waals surface area contributed by atoms with Crippen molar-refractivity contribution in [2.24, 2.45) is 0 Å². The van der Waals surface area contributed by atoms with Gasteiger partial charge in [-0.25, -0.2) is 0 Å². The summed E-state index contributed by atoms with van der Waals surface area (Å²) in [7, 11) is 0. The lowest BCUT2D eigenvalue weighted by Crippen LogP contribution is -2.56. The average molecular weight is 1730 g/mol. The van der Waals surface area contributed by atoms with E-state index in [1.165, 1.54) is 84.1 Å². The van der Waals surface area contributed by atoms with Crippen LogP contribution in [0, 0.1) is 20.8 Å². The Morgan fingerprint density at radius 2 is 0.504 bits per heavy atom. The highest BCUT2D eigenvalue weighted by atomic mass is 32.1. The molecular weight excluding hydrogens is 1670 g/mol. The fourth-order valence-electron chi connectivity index (χ4n) is 10.1. The van der Waals surface area contributed by atoms with Crippen LogP contribution >= 0.6 is 22.7 Å². The molecule has 10 aromatic rings. The highest BCUT2D eigenvalue weighted by molar-refractivity contribution is 7.25. The summed E-state index contributed by atoms with van der Waals surface area (Å²) in [6, 6.07) is 50.2. The first-order valence-corrected chi connectivity index (χ1v) is 34.7. The smallest absolute Gasteiger partial charge is 0.294 e. The van der Waals surface area contributed by atoms with Gasteiger partial charge in [0.2, 0.25) is 23.1 Å². The van der Waals surface area contributed by atoms with E-state index in [9.17, 15) is 161 Å². The Bertz CT molecular complexity index is 5240. The molecule has 0 N–H and O–H groups in total. The highest BCUT2D eigenvalue weighted by Gasteiger charge is 2.79. The summed E-state index contributed by atoms with van der Waals surface area (Å²) in [5, 5.41) is 1.89. The largest absolute Gasteiger partial charge is 0.460 e. The first kappa shape index (κ1) is 95.2. The summed E-state index contributed by atoms with van der Waals surface area (Å²) < 4.78 is 358. The lowest BCUT2D eigenvalue weighted by molar-refractivity contribution is -0.343. The fraction of sp³-hybridized carbons (Fsp3) is 0.266. The van der Waals surface area contributed by atoms with E-state index in [2.05, 4.69) is 0 Å². The Hall–Kier alpha value is -10.7. The third-order valence-corrected chi connectivity index (χ3v) is 19.0. The molecule has 0 atom stereocenters. The molecule has 117 heavy (non-hydrogen) atoms. The van der Waals surface area contributed by atoms with Gasteiger partial charge in [0.05, 0.1) is 30.6 Å². The summed E-state index contributed by atoms with van der Waals surface area (Å²) in [6.45, 7) is 9.68. The van der Waals surface area contributed by atoms with Crippen LogP contribution in [-0.4, -0.2) is 118 Å². The van der Waals surface area contributed by atoms with Crippen molar-refractivity contribution in [1.29, 1.82) is 0 Å². The third-order valence-electron chi connectivity index (χ3n) is 16.7. The Kier molecular flexibility index (Phi) is 29.0. The van der Waals surface area contributed by atoms with Gasteiger partial charge in [0.1, 0.15) is 0 Å². The number of halogens is 28. The minimum Gasteiger partial charge on any atom is -0.294 e. The number of fused-ring (bicyclic) bond motifs is 4. The number of rotatable bonds is 23. The molecule has 2 heterocycles. The Morgan fingerprint density at radius 1 is 0.256 bits per heavy atom. The molecule has 0 aliphatic rings. The number of hydrogen-bond acceptors (Lipinski definition) is 10. The van der Waals surface area contributed by atoms with Gasteiger partial charge in [-0.15, -0.1) is 22.7 Å². The number of benzene rings is 8. The SMILES string of the molecule is CC.Cc1ccc(-c2ccc(-c3ccc(C(=O)CC(=O)C(F)(F)C(F)(F)C(F)(F)F)cc3)cc2)cc1.Cc1ccc(-c2ccc(C(=O)CC(=O)C(F)(F)C(F)(F)C(F)(F)F)cc2)cc1.Cc1ccc2sc3ccc(C(=O)CC(=O)C(F)(F)C(F)(F)C(F)(F)F)cc3c2c1.O=C(CC(=O)C(F)(F)C(F)(F)C(F)(F)F)c1cc2ccccc2s1. The van der Waals surface area contributed by atoms with Crippen molar-refractivity contribution in [2.45, 2.75) is 132 Å². The molecule has 10 rings (SSSR count). The maximum absolute atomic E-state index is 13.5. The number of hydrogen-bond donors (Lipinski definition) is 0. The van der Waals surface area contributed by atoms with Crippen LogP contribution in [0.4, 0.5) is 123 Å². The lowest BCUT2D eigenvalue weighted by Gasteiger charge is -2.26. The number of Topliss-reactive ketones (excluding diaryl/α,β-unsaturated/α-hetero) is 8. The lowest BCUT2D eigenvalue weighted by atomic mass is 9.96. The van der Waals surface area contributed by atoms with Gasteiger partial charge in [-0.05, 0) is 102 Å². The zero-order valence-corrected chi connectivity index (χ0v) is 61.5. The van der Waals surface area contributed by atoms with Gasteiger partial charge in [0.25, 0.3) is 0 Å². The van der Waals surface area contributed by atoms with Crippen molar-refractivity contribution in [1.82, 2.24) is 0 Å². The molecule has 626 valence electrons. The van der Waals surface area contributed by atoms with E-state index in [1.54, 1.807) is 36.4 Å². The molecule has 0 bridgehead atoms. The highest BCUT2D eigenvalue weighted by Crippen LogP contribution is 2.52. The summed E-state index contributed by atoms with van der Waals surface area (Å²) in [5.74, 6) is -66.8. The van der Waals surface area contributed by atoms with Gasteiger partial charge in [-0.1, -0.05) is 176 Å². The Balaban J connectivity index is 0.000000242. The molecule has 8 nitrogen and oxygen atoms in total. The molecule has 0 amide bonds. The molecule has 2 aromatic heterocycles. The maximum Gasteiger partial charge on any atom is 0.460 e. The van der Waals surface area contributed by atoms with Crippen LogP contribution in [0.3, 0.4) is 0 Å². The van der Waals surface area contributed by atoms with Crippen LogP contribution in [0.25, 0.3) is 63.6 Å². The van der Waals surface area contributed by atoms with E-state index < -0.39 is 144 Å². The maximum atomic E-state index is 13.5. The van der Waals surface area contributed by atoms with Gasteiger partial charge >= 0.3 is 72.1 Å². The van der Waals surface area contributed by atoms with Gasteiger partial charge < -0.3 is 0 Å². The van der Waals surface area contributed by atoms with E-state index in [-0.39, 0.29) is 21.6 Å². The predicted molar refractivity (Wildman–Crippen MR) is 376 cm³/mol. The van der Waals surface area contributed by atoms with E-state index in [4.69, 9.17) is 0 Å². The molecule has 0 aliphatic heterocycles. The second-order valence-corrected chi connectivity index (χ2v) is 27.3. The zero-order valence-electron chi connectivity index (χ0n) is 59.9. The van der Waals surface area contributed by atoms with E-state index in [0.717, 1.165) is 65.1 Å². The Labute approximate surface area is 650 Å². The van der Waals surface area contributed by atoms with Crippen LogP contribution in [0.2, 0.25) is 0 Å². The molecule has 0 saturated carbocycles. The van der Waals surface area contributed by atoms with Crippen molar-refractivity contribution in [3.05, 3.63) is 226 Å². The summed E-state index contributed by atoms with van der Waals surface area (Å²) in [5.41, 5.74) is 7.04. The molecule has 38 heteroatoms. The number of thiophene rings is 2. The first-order chi connectivity index (χ1) is 53.6. The quantitative estimate of drug-likeness (QED) is 0.0351. The van der Waals surface area contributed by atoms with Gasteiger partial charge in [0, 0.05) is 41.6 Å². The minimum atomic E-state index is -6.65. The van der Waals surface area contributed by atoms with Crippen molar-refractivity contribution in [2.75, 3.05) is 0 Å². The Morgan fingerprint density at radius 3 is 0.812 bits per heavy atom. The standard InChI is InChI=1S/C25H17F7O2.C19H11F7O2S.C19H13F7O2.C14H7F7O2S.C2H6/c1-15-2-4-16(5-3-15)17-6-8-18(9-7-17)19-10-12-20(13-11-19)21(33)14-22(34)23(26,27)24(28,29)25(30,31)32;1-9-2-4-14-11(6-9)12-7-10(3-5-15(12)29-14)13(27)8-16(28)17(20,21)18(22,23)19(24,25)26;1-11-2-4-12(5-3-11)13-6-8-14(9-7-13)15(27)10-16(28)17(20,21)18(22,23)19(24,25)26;15-12(16,13(17,18)14(19,20)21)11(23)6-8(22)10-5-7-3-1-2-4-9(7)24-10;1-2/h2-13H,14H2,1H3;2-7H,8H2,1H3;2-9H,10H2,1H3;1-5H,6H2;1-2H3. The van der Waals surface area contributed by atoms with E-state index in [0.29, 0.717) is 26.6 Å². The molecule has 0 saturated heterocycles. The predicted octanol–water partition coefficient (Wildman–Crippen LogP) is 25.2. The molecular formula is C79H54F28O8S2. The van der Waals surface area contributed by atoms with Crippen LogP contribution in [0.15, 0.2) is 188 Å². The molecule has 8 aromatic carbocycles. The molecule has 0 radical (unpaired) electrons. The normalized spacial score (nSPS) is 12.7. The topological polar surface area (TPSA) is 137 Å². The van der Waals surface area contributed by atoms with Crippen molar-refractivity contribution in [3.63, 3.8) is 0 Å². The second-order valence-electron chi connectivity index (χ2n) is 25.1. The molecule has 0 unspecified atom stereocenters. The monoisotopic (exact) mass is 1730 g/mol. The summed E-state index contributed by atoms with van der Waals surface area (Å²) >= 11 is 2.21. The van der Waals surface area contributed by atoms with Crippen LogP contribution in [0.1, 0.15) is 97.0 Å². The number of ketones is 8. The number of alkyl halides is 28.